The highest BCUT2D eigenvalue weighted by Crippen LogP contribution is 2.28. The lowest BCUT2D eigenvalue weighted by atomic mass is 9.89. The van der Waals surface area contributed by atoms with E-state index in [2.05, 4.69) is 38.7 Å². The zero-order valence-corrected chi connectivity index (χ0v) is 14.0. The molecule has 0 atom stereocenters. The fourth-order valence-electron chi connectivity index (χ4n) is 3.25. The topological polar surface area (TPSA) is 17.8 Å². The summed E-state index contributed by atoms with van der Waals surface area (Å²) in [4.78, 5) is 4.77. The van der Waals surface area contributed by atoms with Gasteiger partial charge in [0.05, 0.1) is 11.0 Å². The van der Waals surface area contributed by atoms with Gasteiger partial charge in [0, 0.05) is 23.3 Å². The number of alkyl halides is 1. The third-order valence-corrected chi connectivity index (χ3v) is 4.96. The van der Waals surface area contributed by atoms with E-state index in [0.29, 0.717) is 5.88 Å². The van der Waals surface area contributed by atoms with Crippen LogP contribution < -0.4 is 0 Å². The summed E-state index contributed by atoms with van der Waals surface area (Å²) in [6.45, 7) is 1.10. The van der Waals surface area contributed by atoms with Gasteiger partial charge in [0.25, 0.3) is 0 Å². The highest BCUT2D eigenvalue weighted by atomic mass is 79.9. The molecule has 3 rings (SSSR count). The molecule has 1 aliphatic rings. The van der Waals surface area contributed by atoms with Crippen molar-refractivity contribution in [3.05, 3.63) is 28.5 Å². The van der Waals surface area contributed by atoms with Gasteiger partial charge in [0.1, 0.15) is 5.82 Å². The summed E-state index contributed by atoms with van der Waals surface area (Å²) in [5.41, 5.74) is 2.33. The Kier molecular flexibility index (Phi) is 4.67. The first kappa shape index (κ1) is 14.4. The Hall–Kier alpha value is -0.540. The first-order valence-corrected chi connectivity index (χ1v) is 8.81. The summed E-state index contributed by atoms with van der Waals surface area (Å²) in [7, 11) is 0. The highest BCUT2D eigenvalue weighted by molar-refractivity contribution is 9.10. The predicted octanol–water partition coefficient (Wildman–Crippen LogP) is 5.16. The van der Waals surface area contributed by atoms with Crippen LogP contribution in [0.4, 0.5) is 0 Å². The van der Waals surface area contributed by atoms with Crippen molar-refractivity contribution in [2.45, 2.75) is 45.1 Å². The van der Waals surface area contributed by atoms with Crippen LogP contribution in [-0.4, -0.2) is 15.4 Å². The molecule has 1 aliphatic carbocycles. The van der Waals surface area contributed by atoms with Crippen molar-refractivity contribution in [2.75, 3.05) is 5.88 Å². The largest absolute Gasteiger partial charge is 0.328 e. The number of rotatable bonds is 4. The van der Waals surface area contributed by atoms with Gasteiger partial charge in [-0.3, -0.25) is 0 Å². The van der Waals surface area contributed by atoms with Gasteiger partial charge < -0.3 is 4.57 Å². The zero-order chi connectivity index (χ0) is 13.9. The first-order chi connectivity index (χ1) is 9.78. The van der Waals surface area contributed by atoms with Crippen molar-refractivity contribution in [1.82, 2.24) is 9.55 Å². The molecule has 0 aliphatic heterocycles. The molecule has 108 valence electrons. The summed E-state index contributed by atoms with van der Waals surface area (Å²) < 4.78 is 3.52. The molecule has 1 saturated carbocycles. The lowest BCUT2D eigenvalue weighted by Gasteiger charge is -2.23. The third-order valence-electron chi connectivity index (χ3n) is 4.27. The van der Waals surface area contributed by atoms with Crippen LogP contribution >= 0.6 is 27.5 Å². The van der Waals surface area contributed by atoms with E-state index in [1.807, 2.05) is 0 Å². The summed E-state index contributed by atoms with van der Waals surface area (Å²) in [6, 6.07) is 6.34. The fraction of sp³-hybridized carbons (Fsp3) is 0.562. The molecule has 1 aromatic carbocycles. The molecule has 1 fully saturated rings. The van der Waals surface area contributed by atoms with E-state index in [-0.39, 0.29) is 0 Å². The van der Waals surface area contributed by atoms with Gasteiger partial charge in [-0.05, 0) is 37.0 Å². The highest BCUT2D eigenvalue weighted by Gasteiger charge is 2.18. The average Bonchev–Trinajstić information content (AvgIpc) is 2.78. The van der Waals surface area contributed by atoms with E-state index < -0.39 is 0 Å². The smallest absolute Gasteiger partial charge is 0.111 e. The molecular formula is C16H20BrClN2. The number of aromatic nitrogens is 2. The number of fused-ring (bicyclic) bond motifs is 1. The van der Waals surface area contributed by atoms with Crippen LogP contribution in [0.5, 0.6) is 0 Å². The molecule has 0 saturated heterocycles. The monoisotopic (exact) mass is 354 g/mol. The van der Waals surface area contributed by atoms with E-state index >= 15 is 0 Å². The van der Waals surface area contributed by atoms with E-state index in [1.165, 1.54) is 37.6 Å². The molecule has 0 spiro atoms. The van der Waals surface area contributed by atoms with Gasteiger partial charge in [-0.1, -0.05) is 35.2 Å². The number of imidazole rings is 1. The fourth-order valence-corrected chi connectivity index (χ4v) is 3.77. The van der Waals surface area contributed by atoms with Gasteiger partial charge in [0.15, 0.2) is 0 Å². The molecule has 0 N–H and O–H groups in total. The molecular weight excluding hydrogens is 336 g/mol. The molecule has 0 unspecified atom stereocenters. The number of nitrogens with zero attached hydrogens (tertiary/aromatic N) is 2. The predicted molar refractivity (Wildman–Crippen MR) is 88.4 cm³/mol. The van der Waals surface area contributed by atoms with Crippen molar-refractivity contribution >= 4 is 38.6 Å². The molecule has 2 aromatic rings. The van der Waals surface area contributed by atoms with Crippen molar-refractivity contribution in [2.24, 2.45) is 5.92 Å². The average molecular weight is 356 g/mol. The lowest BCUT2D eigenvalue weighted by molar-refractivity contribution is 0.319. The molecule has 1 aromatic heterocycles. The first-order valence-electron chi connectivity index (χ1n) is 7.48. The van der Waals surface area contributed by atoms with Gasteiger partial charge >= 0.3 is 0 Å². The van der Waals surface area contributed by atoms with Crippen LogP contribution in [0.2, 0.25) is 0 Å². The summed E-state index contributed by atoms with van der Waals surface area (Å²) in [5, 5.41) is 0. The molecule has 4 heteroatoms. The molecule has 20 heavy (non-hydrogen) atoms. The van der Waals surface area contributed by atoms with Gasteiger partial charge in [0.2, 0.25) is 0 Å². The van der Waals surface area contributed by atoms with Gasteiger partial charge in [-0.25, -0.2) is 4.98 Å². The molecule has 1 heterocycles. The van der Waals surface area contributed by atoms with Crippen LogP contribution in [0.15, 0.2) is 22.7 Å². The second kappa shape index (κ2) is 6.48. The Bertz CT molecular complexity index is 587. The van der Waals surface area contributed by atoms with Gasteiger partial charge in [-0.15, -0.1) is 11.6 Å². The normalized spacial score (nSPS) is 16.9. The molecule has 0 bridgehead atoms. The maximum absolute atomic E-state index is 5.95. The van der Waals surface area contributed by atoms with E-state index in [0.717, 1.165) is 34.7 Å². The lowest BCUT2D eigenvalue weighted by Crippen LogP contribution is -2.16. The quantitative estimate of drug-likeness (QED) is 0.693. The van der Waals surface area contributed by atoms with E-state index in [9.17, 15) is 0 Å². The van der Waals surface area contributed by atoms with Crippen molar-refractivity contribution in [1.29, 1.82) is 0 Å². The van der Waals surface area contributed by atoms with Gasteiger partial charge in [-0.2, -0.15) is 0 Å². The summed E-state index contributed by atoms with van der Waals surface area (Å²) >= 11 is 9.52. The van der Waals surface area contributed by atoms with Crippen LogP contribution in [0.25, 0.3) is 11.0 Å². The Labute approximate surface area is 133 Å². The Morgan fingerprint density at radius 3 is 2.80 bits per heavy atom. The van der Waals surface area contributed by atoms with Crippen LogP contribution in [0, 0.1) is 5.92 Å². The second-order valence-electron chi connectivity index (χ2n) is 5.71. The zero-order valence-electron chi connectivity index (χ0n) is 11.6. The van der Waals surface area contributed by atoms with Crippen LogP contribution in [0.3, 0.4) is 0 Å². The number of hydrogen-bond acceptors (Lipinski definition) is 1. The number of hydrogen-bond donors (Lipinski definition) is 0. The molecule has 2 nitrogen and oxygen atoms in total. The number of aryl methyl sites for hydroxylation is 1. The standard InChI is InChI=1S/C16H20BrClN2/c17-13-6-7-14-15(10-13)20(16(19-14)8-9-18)11-12-4-2-1-3-5-12/h6-7,10,12H,1-5,8-9,11H2. The molecule has 0 radical (unpaired) electrons. The van der Waals surface area contributed by atoms with Crippen LogP contribution in [0.1, 0.15) is 37.9 Å². The maximum atomic E-state index is 5.95. The minimum absolute atomic E-state index is 0.634. The number of halogens is 2. The van der Waals surface area contributed by atoms with Crippen molar-refractivity contribution in [3.63, 3.8) is 0 Å². The third kappa shape index (κ3) is 3.04. The SMILES string of the molecule is ClCCc1nc2ccc(Br)cc2n1CC1CCCCC1. The Morgan fingerprint density at radius 1 is 1.25 bits per heavy atom. The minimum atomic E-state index is 0.634. The van der Waals surface area contributed by atoms with E-state index in [4.69, 9.17) is 16.6 Å². The summed E-state index contributed by atoms with van der Waals surface area (Å²) in [5.74, 6) is 2.57. The van der Waals surface area contributed by atoms with Crippen molar-refractivity contribution in [3.8, 4) is 0 Å². The van der Waals surface area contributed by atoms with Crippen molar-refractivity contribution < 1.29 is 0 Å². The van der Waals surface area contributed by atoms with E-state index in [1.54, 1.807) is 0 Å². The maximum Gasteiger partial charge on any atom is 0.111 e. The molecule has 0 amide bonds. The van der Waals surface area contributed by atoms with Crippen LogP contribution in [-0.2, 0) is 13.0 Å². The Morgan fingerprint density at radius 2 is 2.05 bits per heavy atom. The number of benzene rings is 1. The minimum Gasteiger partial charge on any atom is -0.328 e. The summed E-state index contributed by atoms with van der Waals surface area (Å²) in [6.07, 6.45) is 7.72. The second-order valence-corrected chi connectivity index (χ2v) is 7.01. The Balaban J connectivity index is 1.96.